The van der Waals surface area contributed by atoms with Crippen molar-refractivity contribution in [2.75, 3.05) is 0 Å². The van der Waals surface area contributed by atoms with Crippen molar-refractivity contribution in [1.29, 1.82) is 0 Å². The monoisotopic (exact) mass is 268 g/mol. The van der Waals surface area contributed by atoms with E-state index in [0.717, 1.165) is 6.07 Å². The third kappa shape index (κ3) is 1.62. The lowest BCUT2D eigenvalue weighted by atomic mass is 10.4. The molecule has 0 fully saturated rings. The molecule has 0 spiro atoms. The minimum absolute atomic E-state index is 0.0109. The molecule has 58 valence electrons. The average molecular weight is 268 g/mol. The van der Waals surface area contributed by atoms with Gasteiger partial charge in [-0.2, -0.15) is 4.39 Å². The van der Waals surface area contributed by atoms with Crippen molar-refractivity contribution in [3.8, 4) is 0 Å². The van der Waals surface area contributed by atoms with Crippen molar-refractivity contribution in [3.05, 3.63) is 31.9 Å². The fraction of sp³-hybridized carbons (Fsp3) is 0. The number of aromatic nitrogens is 1. The van der Waals surface area contributed by atoms with Crippen LogP contribution in [0.25, 0.3) is 0 Å². The third-order valence-corrected chi connectivity index (χ3v) is 1.78. The zero-order chi connectivity index (χ0) is 8.43. The molecule has 0 saturated carbocycles. The minimum Gasteiger partial charge on any atom is -0.258 e. The molecule has 0 aliphatic heterocycles. The van der Waals surface area contributed by atoms with Crippen LogP contribution in [-0.2, 0) is 0 Å². The van der Waals surface area contributed by atoms with Crippen LogP contribution in [0.5, 0.6) is 0 Å². The number of nitro groups is 1. The van der Waals surface area contributed by atoms with Crippen LogP contribution in [0.3, 0.4) is 0 Å². The van der Waals surface area contributed by atoms with Crippen molar-refractivity contribution in [1.82, 2.24) is 4.98 Å². The summed E-state index contributed by atoms with van der Waals surface area (Å²) in [4.78, 5) is 12.9. The Hall–Kier alpha value is -0.790. The number of pyridine rings is 1. The Morgan fingerprint density at radius 1 is 1.73 bits per heavy atom. The first-order valence-corrected chi connectivity index (χ1v) is 3.65. The van der Waals surface area contributed by atoms with E-state index in [1.807, 2.05) is 0 Å². The Bertz CT molecular complexity index is 305. The lowest BCUT2D eigenvalue weighted by Gasteiger charge is -1.93. The maximum absolute atomic E-state index is 12.7. The second-order valence-corrected chi connectivity index (χ2v) is 2.71. The normalized spacial score (nSPS) is 9.64. The van der Waals surface area contributed by atoms with Gasteiger partial charge >= 0.3 is 5.69 Å². The number of hydrogen-bond acceptors (Lipinski definition) is 3. The SMILES string of the molecule is O=[N+]([O-])c1ccnc(I)c1F. The van der Waals surface area contributed by atoms with E-state index in [9.17, 15) is 14.5 Å². The van der Waals surface area contributed by atoms with Gasteiger partial charge in [0.25, 0.3) is 0 Å². The first-order valence-electron chi connectivity index (χ1n) is 2.57. The van der Waals surface area contributed by atoms with Crippen LogP contribution >= 0.6 is 22.6 Å². The Morgan fingerprint density at radius 3 is 2.82 bits per heavy atom. The molecule has 0 N–H and O–H groups in total. The fourth-order valence-electron chi connectivity index (χ4n) is 0.550. The highest BCUT2D eigenvalue weighted by atomic mass is 127. The van der Waals surface area contributed by atoms with E-state index in [-0.39, 0.29) is 3.70 Å². The Balaban J connectivity index is 3.27. The van der Waals surface area contributed by atoms with Crippen molar-refractivity contribution < 1.29 is 9.31 Å². The molecule has 0 unspecified atom stereocenters. The zero-order valence-corrected chi connectivity index (χ0v) is 7.28. The highest BCUT2D eigenvalue weighted by Gasteiger charge is 2.16. The summed E-state index contributed by atoms with van der Waals surface area (Å²) in [6, 6.07) is 1.03. The number of halogens is 2. The summed E-state index contributed by atoms with van der Waals surface area (Å²) in [5, 5.41) is 10.1. The summed E-state index contributed by atoms with van der Waals surface area (Å²) in [6.07, 6.45) is 1.20. The molecule has 0 amide bonds. The summed E-state index contributed by atoms with van der Waals surface area (Å²) < 4.78 is 12.8. The average Bonchev–Trinajstić information content (AvgIpc) is 1.94. The molecular formula is C5H2FIN2O2. The Kier molecular flexibility index (Phi) is 2.32. The molecule has 11 heavy (non-hydrogen) atoms. The van der Waals surface area contributed by atoms with Gasteiger partial charge in [-0.15, -0.1) is 0 Å². The highest BCUT2D eigenvalue weighted by molar-refractivity contribution is 14.1. The third-order valence-electron chi connectivity index (χ3n) is 1.02. The van der Waals surface area contributed by atoms with Crippen LogP contribution in [0.4, 0.5) is 10.1 Å². The predicted molar refractivity (Wildman–Crippen MR) is 43.6 cm³/mol. The maximum atomic E-state index is 12.7. The molecule has 0 saturated heterocycles. The molecule has 0 aliphatic rings. The zero-order valence-electron chi connectivity index (χ0n) is 5.12. The van der Waals surface area contributed by atoms with Gasteiger partial charge in [0.2, 0.25) is 5.82 Å². The van der Waals surface area contributed by atoms with Crippen LogP contribution in [0.2, 0.25) is 0 Å². The van der Waals surface area contributed by atoms with E-state index in [4.69, 9.17) is 0 Å². The quantitative estimate of drug-likeness (QED) is 0.337. The van der Waals surface area contributed by atoms with Crippen LogP contribution in [-0.4, -0.2) is 9.91 Å². The van der Waals surface area contributed by atoms with E-state index < -0.39 is 16.4 Å². The summed E-state index contributed by atoms with van der Waals surface area (Å²) in [5.41, 5.74) is -0.538. The lowest BCUT2D eigenvalue weighted by Crippen LogP contribution is -1.95. The van der Waals surface area contributed by atoms with Gasteiger partial charge in [0, 0.05) is 12.3 Å². The first kappa shape index (κ1) is 8.31. The molecule has 1 heterocycles. The van der Waals surface area contributed by atoms with Gasteiger partial charge in [-0.25, -0.2) is 4.98 Å². The van der Waals surface area contributed by atoms with Crippen LogP contribution in [0.1, 0.15) is 0 Å². The number of nitrogens with zero attached hydrogens (tertiary/aromatic N) is 2. The van der Waals surface area contributed by atoms with Gasteiger partial charge < -0.3 is 0 Å². The molecule has 0 aromatic carbocycles. The molecule has 0 atom stereocenters. The van der Waals surface area contributed by atoms with Gasteiger partial charge in [0.05, 0.1) is 4.92 Å². The van der Waals surface area contributed by atoms with Crippen molar-refractivity contribution in [2.24, 2.45) is 0 Å². The molecule has 0 radical (unpaired) electrons. The van der Waals surface area contributed by atoms with E-state index in [2.05, 4.69) is 4.98 Å². The summed E-state index contributed by atoms with van der Waals surface area (Å²) in [5.74, 6) is -0.877. The summed E-state index contributed by atoms with van der Waals surface area (Å²) >= 11 is 1.59. The Morgan fingerprint density at radius 2 is 2.36 bits per heavy atom. The minimum atomic E-state index is -0.877. The molecule has 1 aromatic rings. The summed E-state index contributed by atoms with van der Waals surface area (Å²) in [7, 11) is 0. The standard InChI is InChI=1S/C5H2FIN2O2/c6-4-3(9(10)11)1-2-8-5(4)7/h1-2H. The fourth-order valence-corrected chi connectivity index (χ4v) is 0.987. The number of rotatable bonds is 1. The largest absolute Gasteiger partial charge is 0.309 e. The van der Waals surface area contributed by atoms with Gasteiger partial charge in [0.15, 0.2) is 0 Å². The van der Waals surface area contributed by atoms with Crippen LogP contribution < -0.4 is 0 Å². The molecule has 1 rings (SSSR count). The highest BCUT2D eigenvalue weighted by Crippen LogP contribution is 2.18. The Labute approximate surface area is 74.7 Å². The van der Waals surface area contributed by atoms with Gasteiger partial charge in [0.1, 0.15) is 3.70 Å². The smallest absolute Gasteiger partial charge is 0.258 e. The molecule has 0 bridgehead atoms. The van der Waals surface area contributed by atoms with Crippen molar-refractivity contribution in [3.63, 3.8) is 0 Å². The molecule has 4 nitrogen and oxygen atoms in total. The van der Waals surface area contributed by atoms with Gasteiger partial charge in [-0.3, -0.25) is 10.1 Å². The van der Waals surface area contributed by atoms with Crippen molar-refractivity contribution >= 4 is 28.3 Å². The number of hydrogen-bond donors (Lipinski definition) is 0. The van der Waals surface area contributed by atoms with E-state index in [1.54, 1.807) is 22.6 Å². The molecule has 0 aliphatic carbocycles. The molecular weight excluding hydrogens is 266 g/mol. The van der Waals surface area contributed by atoms with Gasteiger partial charge in [-0.1, -0.05) is 0 Å². The van der Waals surface area contributed by atoms with Crippen LogP contribution in [0.15, 0.2) is 12.3 Å². The van der Waals surface area contributed by atoms with Crippen molar-refractivity contribution in [2.45, 2.75) is 0 Å². The maximum Gasteiger partial charge on any atom is 0.309 e. The second kappa shape index (κ2) is 3.07. The van der Waals surface area contributed by atoms with Gasteiger partial charge in [-0.05, 0) is 22.6 Å². The predicted octanol–water partition coefficient (Wildman–Crippen LogP) is 1.73. The van der Waals surface area contributed by atoms with E-state index in [0.29, 0.717) is 0 Å². The van der Waals surface area contributed by atoms with Crippen LogP contribution in [0, 0.1) is 19.6 Å². The topological polar surface area (TPSA) is 56.0 Å². The molecule has 6 heteroatoms. The first-order chi connectivity index (χ1) is 5.13. The summed E-state index contributed by atoms with van der Waals surface area (Å²) in [6.45, 7) is 0. The lowest BCUT2D eigenvalue weighted by molar-refractivity contribution is -0.387. The van der Waals surface area contributed by atoms with E-state index in [1.165, 1.54) is 6.20 Å². The molecule has 1 aromatic heterocycles. The van der Waals surface area contributed by atoms with E-state index >= 15 is 0 Å². The second-order valence-electron chi connectivity index (χ2n) is 1.69.